The van der Waals surface area contributed by atoms with Crippen LogP contribution in [0.5, 0.6) is 0 Å². The number of carbonyl (C=O) groups is 4. The van der Waals surface area contributed by atoms with Crippen molar-refractivity contribution in [2.75, 3.05) is 13.1 Å². The maximum atomic E-state index is 12.6. The van der Waals surface area contributed by atoms with E-state index >= 15 is 0 Å². The number of carbonyl (C=O) groups excluding carboxylic acids is 3. The maximum absolute atomic E-state index is 12.6. The van der Waals surface area contributed by atoms with Crippen molar-refractivity contribution in [3.63, 3.8) is 0 Å². The lowest BCUT2D eigenvalue weighted by Crippen LogP contribution is -2.52. The lowest BCUT2D eigenvalue weighted by molar-refractivity contribution is -0.136. The Morgan fingerprint density at radius 3 is 2.64 bits per heavy atom. The highest BCUT2D eigenvalue weighted by Crippen LogP contribution is 2.33. The molecule has 0 saturated carbocycles. The van der Waals surface area contributed by atoms with Gasteiger partial charge in [-0.15, -0.1) is 0 Å². The Balaban J connectivity index is 1.51. The second kappa shape index (κ2) is 5.58. The Labute approximate surface area is 143 Å². The number of likely N-dealkylation sites (tertiary alicyclic amines) is 1. The molecule has 0 aromatic heterocycles. The van der Waals surface area contributed by atoms with E-state index in [0.29, 0.717) is 31.6 Å². The summed E-state index contributed by atoms with van der Waals surface area (Å²) in [7, 11) is 0. The summed E-state index contributed by atoms with van der Waals surface area (Å²) >= 11 is 0. The summed E-state index contributed by atoms with van der Waals surface area (Å²) in [6.07, 6.45) is -0.348. The minimum atomic E-state index is -0.920. The molecule has 2 fully saturated rings. The highest BCUT2D eigenvalue weighted by Gasteiger charge is 2.40. The predicted molar refractivity (Wildman–Crippen MR) is 84.8 cm³/mol. The Hall–Kier alpha value is -2.90. The van der Waals surface area contributed by atoms with Crippen LogP contribution in [0.25, 0.3) is 0 Å². The topological polar surface area (TPSA) is 107 Å². The fourth-order valence-corrected chi connectivity index (χ4v) is 3.69. The quantitative estimate of drug-likeness (QED) is 0.762. The number of nitrogens with one attached hydrogen (secondary N) is 1. The van der Waals surface area contributed by atoms with Crippen molar-refractivity contribution in [1.29, 1.82) is 0 Å². The largest absolute Gasteiger partial charge is 0.465 e. The molecule has 0 radical (unpaired) electrons. The molecule has 130 valence electrons. The molecule has 0 aliphatic carbocycles. The third-order valence-electron chi connectivity index (χ3n) is 5.17. The second-order valence-electron chi connectivity index (χ2n) is 6.70. The van der Waals surface area contributed by atoms with Gasteiger partial charge in [0.05, 0.1) is 0 Å². The van der Waals surface area contributed by atoms with Gasteiger partial charge in [-0.1, -0.05) is 12.1 Å². The standard InChI is InChI=1S/C17H17N3O5/c21-14-4-3-13(15(22)18-14)20-8-10-5-9(1-2-12(10)16(20)23)11-6-19(7-11)17(24)25/h1-2,5,11,13H,3-4,6-8H2,(H,24,25)(H,18,21,22). The molecular weight excluding hydrogens is 326 g/mol. The fraction of sp³-hybridized carbons (Fsp3) is 0.412. The van der Waals surface area contributed by atoms with Gasteiger partial charge in [0.25, 0.3) is 5.91 Å². The van der Waals surface area contributed by atoms with E-state index < -0.39 is 18.0 Å². The Bertz CT molecular complexity index is 799. The predicted octanol–water partition coefficient (Wildman–Crippen LogP) is 0.525. The lowest BCUT2D eigenvalue weighted by Gasteiger charge is -2.37. The normalized spacial score (nSPS) is 23.4. The van der Waals surface area contributed by atoms with Crippen LogP contribution in [-0.2, 0) is 16.1 Å². The molecule has 8 heteroatoms. The molecule has 0 bridgehead atoms. The Morgan fingerprint density at radius 2 is 1.96 bits per heavy atom. The van der Waals surface area contributed by atoms with Crippen molar-refractivity contribution in [2.45, 2.75) is 31.3 Å². The van der Waals surface area contributed by atoms with Gasteiger partial charge in [0.15, 0.2) is 0 Å². The van der Waals surface area contributed by atoms with Crippen LogP contribution in [-0.4, -0.2) is 57.9 Å². The average molecular weight is 343 g/mol. The first-order chi connectivity index (χ1) is 11.9. The van der Waals surface area contributed by atoms with E-state index in [-0.39, 0.29) is 24.2 Å². The zero-order chi connectivity index (χ0) is 17.7. The molecule has 1 unspecified atom stereocenters. The van der Waals surface area contributed by atoms with E-state index in [1.165, 1.54) is 9.80 Å². The number of nitrogens with zero attached hydrogens (tertiary/aromatic N) is 2. The Morgan fingerprint density at radius 1 is 1.20 bits per heavy atom. The molecule has 1 aromatic rings. The maximum Gasteiger partial charge on any atom is 0.407 e. The molecule has 3 aliphatic heterocycles. The zero-order valence-electron chi connectivity index (χ0n) is 13.4. The molecule has 25 heavy (non-hydrogen) atoms. The second-order valence-corrected chi connectivity index (χ2v) is 6.70. The van der Waals surface area contributed by atoms with E-state index in [9.17, 15) is 19.2 Å². The number of carboxylic acid groups (broad SMARTS) is 1. The number of hydrogen-bond acceptors (Lipinski definition) is 4. The van der Waals surface area contributed by atoms with Crippen LogP contribution in [0.4, 0.5) is 4.79 Å². The van der Waals surface area contributed by atoms with Crippen LogP contribution >= 0.6 is 0 Å². The number of rotatable bonds is 2. The van der Waals surface area contributed by atoms with Gasteiger partial charge in [-0.2, -0.15) is 0 Å². The van der Waals surface area contributed by atoms with Crippen LogP contribution in [0.2, 0.25) is 0 Å². The van der Waals surface area contributed by atoms with E-state index in [1.54, 1.807) is 6.07 Å². The first-order valence-electron chi connectivity index (χ1n) is 8.19. The monoisotopic (exact) mass is 343 g/mol. The van der Waals surface area contributed by atoms with Gasteiger partial charge in [-0.05, 0) is 23.6 Å². The molecule has 2 N–H and O–H groups in total. The van der Waals surface area contributed by atoms with Gasteiger partial charge in [0.1, 0.15) is 6.04 Å². The molecule has 4 rings (SSSR count). The molecule has 3 aliphatic rings. The molecule has 0 spiro atoms. The fourth-order valence-electron chi connectivity index (χ4n) is 3.69. The van der Waals surface area contributed by atoms with E-state index in [0.717, 1.165) is 11.1 Å². The minimum absolute atomic E-state index is 0.140. The summed E-state index contributed by atoms with van der Waals surface area (Å²) in [6, 6.07) is 4.92. The number of benzene rings is 1. The number of hydrogen-bond donors (Lipinski definition) is 2. The molecular formula is C17H17N3O5. The number of amides is 4. The molecule has 1 aromatic carbocycles. The lowest BCUT2D eigenvalue weighted by atomic mass is 9.90. The summed E-state index contributed by atoms with van der Waals surface area (Å²) in [5.41, 5.74) is 2.43. The van der Waals surface area contributed by atoms with Crippen LogP contribution in [0, 0.1) is 0 Å². The van der Waals surface area contributed by atoms with E-state index in [4.69, 9.17) is 5.11 Å². The summed E-state index contributed by atoms with van der Waals surface area (Å²) in [5.74, 6) is -0.785. The summed E-state index contributed by atoms with van der Waals surface area (Å²) in [5, 5.41) is 11.2. The van der Waals surface area contributed by atoms with E-state index in [1.807, 2.05) is 12.1 Å². The summed E-state index contributed by atoms with van der Waals surface area (Å²) in [4.78, 5) is 49.7. The van der Waals surface area contributed by atoms with Crippen molar-refractivity contribution in [3.8, 4) is 0 Å². The highest BCUT2D eigenvalue weighted by atomic mass is 16.4. The van der Waals surface area contributed by atoms with Crippen LogP contribution in [0.3, 0.4) is 0 Å². The van der Waals surface area contributed by atoms with Gasteiger partial charge < -0.3 is 14.9 Å². The van der Waals surface area contributed by atoms with Gasteiger partial charge in [-0.25, -0.2) is 4.79 Å². The van der Waals surface area contributed by atoms with Crippen molar-refractivity contribution < 1.29 is 24.3 Å². The minimum Gasteiger partial charge on any atom is -0.465 e. The van der Waals surface area contributed by atoms with Crippen LogP contribution in [0.1, 0.15) is 40.2 Å². The third-order valence-corrected chi connectivity index (χ3v) is 5.17. The first-order valence-corrected chi connectivity index (χ1v) is 8.19. The number of imide groups is 1. The van der Waals surface area contributed by atoms with Crippen molar-refractivity contribution in [1.82, 2.24) is 15.1 Å². The number of piperidine rings is 1. The van der Waals surface area contributed by atoms with Crippen molar-refractivity contribution in [3.05, 3.63) is 34.9 Å². The Kier molecular flexibility index (Phi) is 3.48. The summed E-state index contributed by atoms with van der Waals surface area (Å²) < 4.78 is 0. The molecule has 2 saturated heterocycles. The summed E-state index contributed by atoms with van der Waals surface area (Å²) in [6.45, 7) is 1.25. The molecule has 1 atom stereocenters. The molecule has 8 nitrogen and oxygen atoms in total. The molecule has 4 amide bonds. The SMILES string of the molecule is O=C1CCC(N2Cc3cc(C4CN(C(=O)O)C4)ccc3C2=O)C(=O)N1. The van der Waals surface area contributed by atoms with Gasteiger partial charge in [0.2, 0.25) is 11.8 Å². The van der Waals surface area contributed by atoms with Crippen LogP contribution < -0.4 is 5.32 Å². The van der Waals surface area contributed by atoms with Crippen molar-refractivity contribution in [2.24, 2.45) is 0 Å². The van der Waals surface area contributed by atoms with Gasteiger partial charge in [-0.3, -0.25) is 19.7 Å². The first kappa shape index (κ1) is 15.6. The van der Waals surface area contributed by atoms with E-state index in [2.05, 4.69) is 5.32 Å². The van der Waals surface area contributed by atoms with Gasteiger partial charge in [0, 0.05) is 37.5 Å². The third kappa shape index (κ3) is 2.54. The number of fused-ring (bicyclic) bond motifs is 1. The molecule has 3 heterocycles. The van der Waals surface area contributed by atoms with Crippen molar-refractivity contribution >= 4 is 23.8 Å². The van der Waals surface area contributed by atoms with Crippen LogP contribution in [0.15, 0.2) is 18.2 Å². The average Bonchev–Trinajstić information content (AvgIpc) is 2.82. The zero-order valence-corrected chi connectivity index (χ0v) is 13.4. The smallest absolute Gasteiger partial charge is 0.407 e. The van der Waals surface area contributed by atoms with Gasteiger partial charge >= 0.3 is 6.09 Å². The highest BCUT2D eigenvalue weighted by molar-refractivity contribution is 6.05.